The molecule has 3 N–H and O–H groups in total. The summed E-state index contributed by atoms with van der Waals surface area (Å²) in [5.41, 5.74) is 6.11. The molecule has 1 aromatic carbocycles. The largest absolute Gasteiger partial charge is 0.495 e. The second-order valence-electron chi connectivity index (χ2n) is 5.74. The SMILES string of the molecule is COc1ccc(S(=O)(=O)NC2CCN(C3CC3)C2)cc1N. The van der Waals surface area contributed by atoms with Crippen LogP contribution in [0.3, 0.4) is 0 Å². The zero-order valence-electron chi connectivity index (χ0n) is 12.1. The number of benzene rings is 1. The fourth-order valence-corrected chi connectivity index (χ4v) is 4.12. The van der Waals surface area contributed by atoms with Gasteiger partial charge in [0.1, 0.15) is 5.75 Å². The second-order valence-corrected chi connectivity index (χ2v) is 7.45. The maximum Gasteiger partial charge on any atom is 0.240 e. The van der Waals surface area contributed by atoms with E-state index in [2.05, 4.69) is 9.62 Å². The number of likely N-dealkylation sites (tertiary alicyclic amines) is 1. The molecule has 1 unspecified atom stereocenters. The summed E-state index contributed by atoms with van der Waals surface area (Å²) < 4.78 is 32.6. The third-order valence-electron chi connectivity index (χ3n) is 4.12. The van der Waals surface area contributed by atoms with Crippen LogP contribution in [0.15, 0.2) is 23.1 Å². The van der Waals surface area contributed by atoms with E-state index in [9.17, 15) is 8.42 Å². The van der Waals surface area contributed by atoms with Gasteiger partial charge in [0, 0.05) is 25.2 Å². The summed E-state index contributed by atoms with van der Waals surface area (Å²) in [7, 11) is -2.03. The number of nitrogen functional groups attached to an aromatic ring is 1. The van der Waals surface area contributed by atoms with Gasteiger partial charge in [0.15, 0.2) is 0 Å². The molecule has 1 atom stereocenters. The Morgan fingerprint density at radius 2 is 2.10 bits per heavy atom. The number of ether oxygens (including phenoxy) is 1. The minimum Gasteiger partial charge on any atom is -0.495 e. The minimum absolute atomic E-state index is 0.0149. The number of anilines is 1. The van der Waals surface area contributed by atoms with Crippen LogP contribution in [0, 0.1) is 0 Å². The molecule has 2 fully saturated rings. The zero-order valence-corrected chi connectivity index (χ0v) is 12.9. The van der Waals surface area contributed by atoms with Crippen LogP contribution in [0.25, 0.3) is 0 Å². The van der Waals surface area contributed by atoms with Crippen LogP contribution in [0.2, 0.25) is 0 Å². The first kappa shape index (κ1) is 14.6. The molecule has 0 spiro atoms. The van der Waals surface area contributed by atoms with Crippen LogP contribution >= 0.6 is 0 Å². The lowest BCUT2D eigenvalue weighted by Crippen LogP contribution is -2.37. The molecule has 1 aliphatic heterocycles. The minimum atomic E-state index is -3.53. The molecule has 6 nitrogen and oxygen atoms in total. The topological polar surface area (TPSA) is 84.7 Å². The molecule has 1 saturated carbocycles. The van der Waals surface area contributed by atoms with Crippen LogP contribution in [-0.4, -0.2) is 45.6 Å². The van der Waals surface area contributed by atoms with E-state index in [1.807, 2.05) is 0 Å². The molecule has 0 aromatic heterocycles. The smallest absolute Gasteiger partial charge is 0.240 e. The lowest BCUT2D eigenvalue weighted by Gasteiger charge is -2.16. The van der Waals surface area contributed by atoms with Crippen molar-refractivity contribution >= 4 is 15.7 Å². The van der Waals surface area contributed by atoms with Crippen molar-refractivity contribution in [2.24, 2.45) is 0 Å². The van der Waals surface area contributed by atoms with Gasteiger partial charge in [-0.3, -0.25) is 4.90 Å². The highest BCUT2D eigenvalue weighted by Crippen LogP contribution is 2.30. The van der Waals surface area contributed by atoms with E-state index >= 15 is 0 Å². The number of hydrogen-bond donors (Lipinski definition) is 2. The molecular formula is C14H21N3O3S. The molecule has 3 rings (SSSR count). The Kier molecular flexibility index (Phi) is 3.81. The summed E-state index contributed by atoms with van der Waals surface area (Å²) in [5.74, 6) is 0.481. The van der Waals surface area contributed by atoms with Crippen LogP contribution in [0.4, 0.5) is 5.69 Å². The van der Waals surface area contributed by atoms with E-state index in [0.29, 0.717) is 17.5 Å². The number of rotatable bonds is 5. The molecule has 1 aromatic rings. The summed E-state index contributed by atoms with van der Waals surface area (Å²) in [4.78, 5) is 2.56. The van der Waals surface area contributed by atoms with E-state index in [-0.39, 0.29) is 10.9 Å². The van der Waals surface area contributed by atoms with Gasteiger partial charge in [-0.1, -0.05) is 0 Å². The van der Waals surface area contributed by atoms with Gasteiger partial charge in [-0.05, 0) is 37.5 Å². The predicted octanol–water partition coefficient (Wildman–Crippen LogP) is 0.792. The van der Waals surface area contributed by atoms with Crippen molar-refractivity contribution in [1.82, 2.24) is 9.62 Å². The second kappa shape index (κ2) is 5.47. The number of nitrogens with two attached hydrogens (primary N) is 1. The summed E-state index contributed by atoms with van der Waals surface area (Å²) >= 11 is 0. The Morgan fingerprint density at radius 1 is 1.33 bits per heavy atom. The van der Waals surface area contributed by atoms with Gasteiger partial charge in [-0.25, -0.2) is 13.1 Å². The molecule has 7 heteroatoms. The van der Waals surface area contributed by atoms with Gasteiger partial charge >= 0.3 is 0 Å². The van der Waals surface area contributed by atoms with Gasteiger partial charge in [-0.15, -0.1) is 0 Å². The third kappa shape index (κ3) is 3.14. The molecule has 1 saturated heterocycles. The van der Waals surface area contributed by atoms with E-state index in [1.54, 1.807) is 6.07 Å². The molecule has 0 amide bonds. The number of nitrogens with one attached hydrogen (secondary N) is 1. The van der Waals surface area contributed by atoms with Crippen molar-refractivity contribution in [1.29, 1.82) is 0 Å². The monoisotopic (exact) mass is 311 g/mol. The fraction of sp³-hybridized carbons (Fsp3) is 0.571. The van der Waals surface area contributed by atoms with Crippen molar-refractivity contribution in [2.75, 3.05) is 25.9 Å². The summed E-state index contributed by atoms with van der Waals surface area (Å²) in [6, 6.07) is 5.20. The van der Waals surface area contributed by atoms with Crippen molar-refractivity contribution in [3.63, 3.8) is 0 Å². The Balaban J connectivity index is 1.70. The Hall–Kier alpha value is -1.31. The van der Waals surface area contributed by atoms with Gasteiger partial charge in [-0.2, -0.15) is 0 Å². The highest BCUT2D eigenvalue weighted by molar-refractivity contribution is 7.89. The number of methoxy groups -OCH3 is 1. The molecular weight excluding hydrogens is 290 g/mol. The van der Waals surface area contributed by atoms with E-state index in [0.717, 1.165) is 19.5 Å². The molecule has 1 heterocycles. The fourth-order valence-electron chi connectivity index (χ4n) is 2.82. The third-order valence-corrected chi connectivity index (χ3v) is 5.63. The average Bonchev–Trinajstić information content (AvgIpc) is 3.19. The van der Waals surface area contributed by atoms with Crippen LogP contribution in [0.5, 0.6) is 5.75 Å². The lowest BCUT2D eigenvalue weighted by atomic mass is 10.3. The lowest BCUT2D eigenvalue weighted by molar-refractivity contribution is 0.322. The zero-order chi connectivity index (χ0) is 15.0. The number of hydrogen-bond acceptors (Lipinski definition) is 5. The van der Waals surface area contributed by atoms with Gasteiger partial charge in [0.05, 0.1) is 17.7 Å². The average molecular weight is 311 g/mol. The van der Waals surface area contributed by atoms with Crippen molar-refractivity contribution in [2.45, 2.75) is 36.2 Å². The summed E-state index contributed by atoms with van der Waals surface area (Å²) in [6.07, 6.45) is 3.35. The Labute approximate surface area is 125 Å². The highest BCUT2D eigenvalue weighted by Gasteiger charge is 2.35. The van der Waals surface area contributed by atoms with Crippen LogP contribution < -0.4 is 15.2 Å². The quantitative estimate of drug-likeness (QED) is 0.786. The summed E-state index contributed by atoms with van der Waals surface area (Å²) in [6.45, 7) is 1.78. The van der Waals surface area contributed by atoms with Crippen LogP contribution in [0.1, 0.15) is 19.3 Å². The number of nitrogens with zero attached hydrogens (tertiary/aromatic N) is 1. The standard InChI is InChI=1S/C14H21N3O3S/c1-20-14-5-4-12(8-13(14)15)21(18,19)16-10-6-7-17(9-10)11-2-3-11/h4-5,8,10-11,16H,2-3,6-7,9,15H2,1H3. The summed E-state index contributed by atoms with van der Waals surface area (Å²) in [5, 5.41) is 0. The van der Waals surface area contributed by atoms with E-state index < -0.39 is 10.0 Å². The Bertz CT molecular complexity index is 628. The highest BCUT2D eigenvalue weighted by atomic mass is 32.2. The first-order valence-corrected chi connectivity index (χ1v) is 8.68. The first-order chi connectivity index (χ1) is 9.99. The first-order valence-electron chi connectivity index (χ1n) is 7.19. The van der Waals surface area contributed by atoms with Gasteiger partial charge in [0.25, 0.3) is 0 Å². The molecule has 116 valence electrons. The van der Waals surface area contributed by atoms with Crippen molar-refractivity contribution in [3.05, 3.63) is 18.2 Å². The van der Waals surface area contributed by atoms with Gasteiger partial charge < -0.3 is 10.5 Å². The maximum absolute atomic E-state index is 12.4. The molecule has 1 aliphatic carbocycles. The molecule has 2 aliphatic rings. The normalized spacial score (nSPS) is 23.4. The molecule has 0 radical (unpaired) electrons. The van der Waals surface area contributed by atoms with Crippen molar-refractivity contribution in [3.8, 4) is 5.75 Å². The van der Waals surface area contributed by atoms with E-state index in [1.165, 1.54) is 32.1 Å². The number of sulfonamides is 1. The van der Waals surface area contributed by atoms with Crippen LogP contribution in [-0.2, 0) is 10.0 Å². The predicted molar refractivity (Wildman–Crippen MR) is 80.7 cm³/mol. The molecule has 21 heavy (non-hydrogen) atoms. The molecule has 0 bridgehead atoms. The maximum atomic E-state index is 12.4. The van der Waals surface area contributed by atoms with E-state index in [4.69, 9.17) is 10.5 Å². The van der Waals surface area contributed by atoms with Gasteiger partial charge in [0.2, 0.25) is 10.0 Å². The Morgan fingerprint density at radius 3 is 2.71 bits per heavy atom. The van der Waals surface area contributed by atoms with Crippen molar-refractivity contribution < 1.29 is 13.2 Å².